The van der Waals surface area contributed by atoms with Crippen LogP contribution in [0.2, 0.25) is 0 Å². The zero-order valence-electron chi connectivity index (χ0n) is 27.5. The molecule has 248 valence electrons. The third-order valence-corrected chi connectivity index (χ3v) is 7.94. The molecule has 1 saturated carbocycles. The van der Waals surface area contributed by atoms with E-state index in [1.165, 1.54) is 27.4 Å². The molecule has 2 aromatic rings. The van der Waals surface area contributed by atoms with Crippen LogP contribution in [0.25, 0.3) is 6.08 Å². The summed E-state index contributed by atoms with van der Waals surface area (Å²) in [7, 11) is 11.3. The van der Waals surface area contributed by atoms with Gasteiger partial charge in [-0.2, -0.15) is 0 Å². The fraction of sp³-hybridized carbons (Fsp3) is 0.529. The number of nitrogens with zero attached hydrogens (tertiary/aromatic N) is 1. The largest absolute Gasteiger partial charge is 0.493 e. The minimum Gasteiger partial charge on any atom is -0.493 e. The van der Waals surface area contributed by atoms with Crippen molar-refractivity contribution in [2.75, 3.05) is 62.9 Å². The Balaban J connectivity index is 1.34. The number of unbranched alkanes of at least 4 members (excludes halogenated alkanes) is 2. The number of esters is 2. The van der Waals surface area contributed by atoms with E-state index in [9.17, 15) is 9.59 Å². The summed E-state index contributed by atoms with van der Waals surface area (Å²) in [6, 6.07) is 7.19. The lowest BCUT2D eigenvalue weighted by Crippen LogP contribution is -2.38. The van der Waals surface area contributed by atoms with Gasteiger partial charge in [0.25, 0.3) is 0 Å². The Labute approximate surface area is 266 Å². The maximum absolute atomic E-state index is 12.9. The van der Waals surface area contributed by atoms with Gasteiger partial charge in [-0.25, -0.2) is 9.59 Å². The van der Waals surface area contributed by atoms with Gasteiger partial charge >= 0.3 is 11.9 Å². The van der Waals surface area contributed by atoms with Crippen LogP contribution < -0.4 is 28.4 Å². The number of carbonyl (C=O) groups excluding carboxylic acids is 2. The number of benzene rings is 2. The minimum absolute atomic E-state index is 0.126. The maximum atomic E-state index is 12.9. The molecule has 0 aliphatic heterocycles. The van der Waals surface area contributed by atoms with Crippen LogP contribution in [0.3, 0.4) is 0 Å². The third-order valence-electron chi connectivity index (χ3n) is 7.94. The van der Waals surface area contributed by atoms with Gasteiger partial charge in [0.1, 0.15) is 6.10 Å². The van der Waals surface area contributed by atoms with Crippen molar-refractivity contribution in [2.45, 2.75) is 57.1 Å². The topological polar surface area (TPSA) is 111 Å². The van der Waals surface area contributed by atoms with Crippen molar-refractivity contribution < 1.29 is 47.5 Å². The summed E-state index contributed by atoms with van der Waals surface area (Å²) in [6.07, 6.45) is 9.22. The molecule has 0 atom stereocenters. The lowest BCUT2D eigenvalue weighted by Gasteiger charge is -2.34. The van der Waals surface area contributed by atoms with Crippen LogP contribution in [0.1, 0.15) is 60.9 Å². The zero-order valence-corrected chi connectivity index (χ0v) is 27.5. The lowest BCUT2D eigenvalue weighted by atomic mass is 9.92. The molecule has 0 bridgehead atoms. The summed E-state index contributed by atoms with van der Waals surface area (Å²) in [4.78, 5) is 27.5. The Bertz CT molecular complexity index is 1240. The fourth-order valence-corrected chi connectivity index (χ4v) is 5.43. The van der Waals surface area contributed by atoms with Crippen molar-refractivity contribution in [3.05, 3.63) is 41.5 Å². The summed E-state index contributed by atoms with van der Waals surface area (Å²) >= 11 is 0. The van der Waals surface area contributed by atoms with Gasteiger partial charge in [-0.3, -0.25) is 0 Å². The van der Waals surface area contributed by atoms with E-state index in [1.54, 1.807) is 51.7 Å². The van der Waals surface area contributed by atoms with Crippen molar-refractivity contribution in [1.29, 1.82) is 0 Å². The zero-order chi connectivity index (χ0) is 32.8. The van der Waals surface area contributed by atoms with E-state index in [0.717, 1.165) is 57.1 Å². The van der Waals surface area contributed by atoms with Gasteiger partial charge in [-0.15, -0.1) is 0 Å². The van der Waals surface area contributed by atoms with E-state index in [-0.39, 0.29) is 6.10 Å². The summed E-state index contributed by atoms with van der Waals surface area (Å²) in [5, 5.41) is 0. The van der Waals surface area contributed by atoms with E-state index in [4.69, 9.17) is 37.9 Å². The Morgan fingerprint density at radius 2 is 1.27 bits per heavy atom. The molecule has 3 rings (SSSR count). The van der Waals surface area contributed by atoms with E-state index in [1.807, 2.05) is 0 Å². The standard InChI is InChI=1S/C34H47NO10/c1-35(17-9-8-10-18-44-31(36)16-11-23-19-27(38-2)32(42-6)28(20-23)39-3)25-12-14-26(15-13-25)45-34(37)24-21-29(40-4)33(43-7)30(22-24)41-5/h11,16,19-22,25-26H,8-10,12-15,17-18H2,1-7H3/b16-11+. The van der Waals surface area contributed by atoms with Crippen molar-refractivity contribution in [3.8, 4) is 34.5 Å². The molecule has 11 heteroatoms. The molecule has 0 spiro atoms. The smallest absolute Gasteiger partial charge is 0.338 e. The predicted molar refractivity (Wildman–Crippen MR) is 170 cm³/mol. The average molecular weight is 630 g/mol. The van der Waals surface area contributed by atoms with Crippen LogP contribution in [0.15, 0.2) is 30.3 Å². The molecule has 0 saturated heterocycles. The van der Waals surface area contributed by atoms with Crippen molar-refractivity contribution in [2.24, 2.45) is 0 Å². The molecule has 1 aliphatic rings. The van der Waals surface area contributed by atoms with E-state index >= 15 is 0 Å². The second-order valence-corrected chi connectivity index (χ2v) is 10.8. The van der Waals surface area contributed by atoms with Gasteiger partial charge in [0.2, 0.25) is 11.5 Å². The van der Waals surface area contributed by atoms with E-state index < -0.39 is 11.9 Å². The molecule has 0 unspecified atom stereocenters. The molecular weight excluding hydrogens is 582 g/mol. The molecule has 0 heterocycles. The van der Waals surface area contributed by atoms with Crippen LogP contribution in [-0.2, 0) is 14.3 Å². The van der Waals surface area contributed by atoms with Crippen LogP contribution in [0.4, 0.5) is 0 Å². The van der Waals surface area contributed by atoms with Crippen molar-refractivity contribution in [3.63, 3.8) is 0 Å². The first kappa shape index (κ1) is 35.4. The molecule has 45 heavy (non-hydrogen) atoms. The second kappa shape index (κ2) is 18.0. The van der Waals surface area contributed by atoms with Gasteiger partial charge in [-0.05, 0) is 94.4 Å². The average Bonchev–Trinajstić information content (AvgIpc) is 3.07. The molecule has 0 radical (unpaired) electrons. The number of hydrogen-bond donors (Lipinski definition) is 0. The van der Waals surface area contributed by atoms with Crippen molar-refractivity contribution >= 4 is 18.0 Å². The highest BCUT2D eigenvalue weighted by Crippen LogP contribution is 2.39. The van der Waals surface area contributed by atoms with Crippen molar-refractivity contribution in [1.82, 2.24) is 4.90 Å². The summed E-state index contributed by atoms with van der Waals surface area (Å²) < 4.78 is 43.3. The number of carbonyl (C=O) groups is 2. The van der Waals surface area contributed by atoms with Crippen LogP contribution in [0, 0.1) is 0 Å². The molecule has 0 amide bonds. The van der Waals surface area contributed by atoms with Gasteiger partial charge in [0.05, 0.1) is 54.8 Å². The van der Waals surface area contributed by atoms with Crippen LogP contribution in [0.5, 0.6) is 34.5 Å². The highest BCUT2D eigenvalue weighted by molar-refractivity contribution is 5.91. The fourth-order valence-electron chi connectivity index (χ4n) is 5.43. The molecule has 11 nitrogen and oxygen atoms in total. The highest BCUT2D eigenvalue weighted by atomic mass is 16.6. The Kier molecular flexibility index (Phi) is 14.1. The van der Waals surface area contributed by atoms with Crippen LogP contribution in [-0.4, -0.2) is 91.8 Å². The van der Waals surface area contributed by atoms with Gasteiger partial charge in [-0.1, -0.05) is 0 Å². The van der Waals surface area contributed by atoms with Gasteiger partial charge < -0.3 is 42.8 Å². The SMILES string of the molecule is COc1cc(/C=C/C(=O)OCCCCCN(C)C2CCC(OC(=O)c3cc(OC)c(OC)c(OC)c3)CC2)cc(OC)c1OC. The Hall–Kier alpha value is -4.12. The summed E-state index contributed by atoms with van der Waals surface area (Å²) in [6.45, 7) is 1.32. The number of ether oxygens (including phenoxy) is 8. The molecule has 2 aromatic carbocycles. The quantitative estimate of drug-likeness (QED) is 0.124. The van der Waals surface area contributed by atoms with Gasteiger partial charge in [0.15, 0.2) is 23.0 Å². The lowest BCUT2D eigenvalue weighted by molar-refractivity contribution is -0.137. The van der Waals surface area contributed by atoms with E-state index in [2.05, 4.69) is 11.9 Å². The maximum Gasteiger partial charge on any atom is 0.338 e. The van der Waals surface area contributed by atoms with Gasteiger partial charge in [0, 0.05) is 12.1 Å². The third kappa shape index (κ3) is 9.94. The Morgan fingerprint density at radius 1 is 0.733 bits per heavy atom. The molecular formula is C34H47NO10. The monoisotopic (exact) mass is 629 g/mol. The summed E-state index contributed by atoms with van der Waals surface area (Å²) in [5.74, 6) is 1.98. The second-order valence-electron chi connectivity index (χ2n) is 10.8. The predicted octanol–water partition coefficient (Wildman–Crippen LogP) is 5.56. The van der Waals surface area contributed by atoms with Crippen LogP contribution >= 0.6 is 0 Å². The molecule has 1 aliphatic carbocycles. The first-order chi connectivity index (χ1) is 21.8. The van der Waals surface area contributed by atoms with E-state index in [0.29, 0.717) is 52.7 Å². The summed E-state index contributed by atoms with van der Waals surface area (Å²) in [5.41, 5.74) is 1.10. The molecule has 1 fully saturated rings. The number of hydrogen-bond acceptors (Lipinski definition) is 11. The number of methoxy groups -OCH3 is 6. The molecule has 0 N–H and O–H groups in total. The first-order valence-electron chi connectivity index (χ1n) is 15.1. The number of rotatable bonds is 17. The first-order valence-corrected chi connectivity index (χ1v) is 15.1. The highest BCUT2D eigenvalue weighted by Gasteiger charge is 2.27. The molecule has 0 aromatic heterocycles. The Morgan fingerprint density at radius 3 is 1.78 bits per heavy atom. The minimum atomic E-state index is -0.400. The normalized spacial score (nSPS) is 16.3.